The van der Waals surface area contributed by atoms with Gasteiger partial charge < -0.3 is 4.48 Å². The predicted octanol–water partition coefficient (Wildman–Crippen LogP) is 4.66. The summed E-state index contributed by atoms with van der Waals surface area (Å²) < 4.78 is 1.27. The summed E-state index contributed by atoms with van der Waals surface area (Å²) in [6.07, 6.45) is 3.85. The summed E-state index contributed by atoms with van der Waals surface area (Å²) in [5.41, 5.74) is 1.49. The first-order valence-corrected chi connectivity index (χ1v) is 7.15. The van der Waals surface area contributed by atoms with Crippen molar-refractivity contribution in [2.75, 3.05) is 19.6 Å². The molecule has 18 heavy (non-hydrogen) atoms. The van der Waals surface area contributed by atoms with Gasteiger partial charge in [-0.3, -0.25) is 0 Å². The lowest BCUT2D eigenvalue weighted by atomic mass is 10.1. The van der Waals surface area contributed by atoms with Crippen LogP contribution < -0.4 is 0 Å². The van der Waals surface area contributed by atoms with Crippen molar-refractivity contribution >= 4 is 12.4 Å². The molecule has 0 N–H and O–H groups in total. The van der Waals surface area contributed by atoms with Crippen LogP contribution in [0, 0.1) is 0 Å². The fraction of sp³-hybridized carbons (Fsp3) is 0.625. The Hall–Kier alpha value is -0.530. The Kier molecular flexibility index (Phi) is 9.13. The van der Waals surface area contributed by atoms with Crippen molar-refractivity contribution in [1.82, 2.24) is 0 Å². The summed E-state index contributed by atoms with van der Waals surface area (Å²) in [5, 5.41) is 0. The van der Waals surface area contributed by atoms with Gasteiger partial charge >= 0.3 is 0 Å². The highest BCUT2D eigenvalue weighted by Gasteiger charge is 2.24. The fourth-order valence-electron chi connectivity index (χ4n) is 2.97. The van der Waals surface area contributed by atoms with Crippen LogP contribution in [0.15, 0.2) is 30.3 Å². The van der Waals surface area contributed by atoms with Crippen molar-refractivity contribution in [3.63, 3.8) is 0 Å². The Morgan fingerprint density at radius 3 is 1.61 bits per heavy atom. The molecule has 0 aromatic heterocycles. The molecule has 0 heterocycles. The normalized spacial score (nSPS) is 11.1. The molecule has 0 unspecified atom stereocenters. The van der Waals surface area contributed by atoms with Gasteiger partial charge in [0.25, 0.3) is 0 Å². The van der Waals surface area contributed by atoms with Crippen LogP contribution in [0.5, 0.6) is 0 Å². The van der Waals surface area contributed by atoms with Gasteiger partial charge in [-0.15, -0.1) is 12.4 Å². The molecule has 0 atom stereocenters. The SMILES string of the molecule is CCC[N+](CCC)(CCC)Cc1ccccc1.Cl. The Morgan fingerprint density at radius 2 is 1.22 bits per heavy atom. The minimum absolute atomic E-state index is 0. The molecule has 0 aliphatic heterocycles. The Balaban J connectivity index is 0.00000289. The molecule has 0 saturated carbocycles. The quantitative estimate of drug-likeness (QED) is 0.603. The highest BCUT2D eigenvalue weighted by molar-refractivity contribution is 5.85. The van der Waals surface area contributed by atoms with Gasteiger partial charge in [-0.05, 0) is 19.3 Å². The van der Waals surface area contributed by atoms with Gasteiger partial charge in [-0.2, -0.15) is 0 Å². The summed E-state index contributed by atoms with van der Waals surface area (Å²) in [6.45, 7) is 12.1. The maximum atomic E-state index is 2.31. The molecule has 2 heteroatoms. The van der Waals surface area contributed by atoms with E-state index in [1.165, 1.54) is 55.5 Å². The van der Waals surface area contributed by atoms with Crippen LogP contribution in [-0.2, 0) is 6.54 Å². The summed E-state index contributed by atoms with van der Waals surface area (Å²) in [7, 11) is 0. The van der Waals surface area contributed by atoms with Gasteiger partial charge in [0.2, 0.25) is 0 Å². The first-order chi connectivity index (χ1) is 8.26. The maximum Gasteiger partial charge on any atom is 0.104 e. The number of quaternary nitrogens is 1. The average Bonchev–Trinajstić information content (AvgIpc) is 2.31. The summed E-state index contributed by atoms with van der Waals surface area (Å²) >= 11 is 0. The van der Waals surface area contributed by atoms with Crippen molar-refractivity contribution in [3.8, 4) is 0 Å². The second kappa shape index (κ2) is 9.41. The minimum Gasteiger partial charge on any atom is -0.320 e. The van der Waals surface area contributed by atoms with Crippen LogP contribution in [0.1, 0.15) is 45.6 Å². The summed E-state index contributed by atoms with van der Waals surface area (Å²) in [5.74, 6) is 0. The number of benzene rings is 1. The predicted molar refractivity (Wildman–Crippen MR) is 83.1 cm³/mol. The topological polar surface area (TPSA) is 0 Å². The van der Waals surface area contributed by atoms with E-state index in [0.717, 1.165) is 0 Å². The summed E-state index contributed by atoms with van der Waals surface area (Å²) in [4.78, 5) is 0. The summed E-state index contributed by atoms with van der Waals surface area (Å²) in [6, 6.07) is 11.0. The van der Waals surface area contributed by atoms with Gasteiger partial charge in [-0.1, -0.05) is 51.1 Å². The van der Waals surface area contributed by atoms with E-state index < -0.39 is 0 Å². The van der Waals surface area contributed by atoms with E-state index in [4.69, 9.17) is 0 Å². The highest BCUT2D eigenvalue weighted by atomic mass is 35.5. The van der Waals surface area contributed by atoms with E-state index in [1.807, 2.05) is 0 Å². The molecule has 1 aromatic carbocycles. The van der Waals surface area contributed by atoms with Crippen LogP contribution in [0.2, 0.25) is 0 Å². The third-order valence-corrected chi connectivity index (χ3v) is 3.45. The molecular formula is C16H29ClN+. The zero-order chi connectivity index (χ0) is 12.6. The number of hydrogen-bond donors (Lipinski definition) is 0. The molecule has 1 rings (SSSR count). The lowest BCUT2D eigenvalue weighted by molar-refractivity contribution is -0.941. The molecular weight excluding hydrogens is 242 g/mol. The molecule has 0 aliphatic rings. The smallest absolute Gasteiger partial charge is 0.104 e. The van der Waals surface area contributed by atoms with Gasteiger partial charge in [0.05, 0.1) is 19.6 Å². The standard InChI is InChI=1S/C16H28N.ClH/c1-4-12-17(13-5-2,14-6-3)15-16-10-8-7-9-11-16;/h7-11H,4-6,12-15H2,1-3H3;1H/q+1;. The van der Waals surface area contributed by atoms with Crippen molar-refractivity contribution < 1.29 is 4.48 Å². The molecule has 0 spiro atoms. The highest BCUT2D eigenvalue weighted by Crippen LogP contribution is 2.17. The van der Waals surface area contributed by atoms with Crippen LogP contribution >= 0.6 is 12.4 Å². The third-order valence-electron chi connectivity index (χ3n) is 3.45. The molecule has 104 valence electrons. The second-order valence-corrected chi connectivity index (χ2v) is 5.16. The minimum atomic E-state index is 0. The monoisotopic (exact) mass is 270 g/mol. The van der Waals surface area contributed by atoms with Crippen LogP contribution in [0.25, 0.3) is 0 Å². The molecule has 1 aromatic rings. The fourth-order valence-corrected chi connectivity index (χ4v) is 2.97. The number of rotatable bonds is 8. The van der Waals surface area contributed by atoms with Crippen molar-refractivity contribution in [3.05, 3.63) is 35.9 Å². The Morgan fingerprint density at radius 1 is 0.778 bits per heavy atom. The molecule has 0 fully saturated rings. The maximum absolute atomic E-state index is 2.31. The van der Waals surface area contributed by atoms with E-state index in [0.29, 0.717) is 0 Å². The molecule has 0 aliphatic carbocycles. The molecule has 0 bridgehead atoms. The van der Waals surface area contributed by atoms with Crippen molar-refractivity contribution in [1.29, 1.82) is 0 Å². The lowest BCUT2D eigenvalue weighted by Crippen LogP contribution is -2.48. The molecule has 0 saturated heterocycles. The Labute approximate surface area is 119 Å². The Bertz CT molecular complexity index is 280. The third kappa shape index (κ3) is 5.41. The average molecular weight is 271 g/mol. The van der Waals surface area contributed by atoms with Crippen LogP contribution in [0.3, 0.4) is 0 Å². The zero-order valence-electron chi connectivity index (χ0n) is 12.2. The second-order valence-electron chi connectivity index (χ2n) is 5.16. The molecule has 0 amide bonds. The first kappa shape index (κ1) is 17.5. The van der Waals surface area contributed by atoms with Gasteiger partial charge in [0.15, 0.2) is 0 Å². The van der Waals surface area contributed by atoms with Gasteiger partial charge in [0.1, 0.15) is 6.54 Å². The van der Waals surface area contributed by atoms with E-state index in [1.54, 1.807) is 0 Å². The van der Waals surface area contributed by atoms with Gasteiger partial charge in [-0.25, -0.2) is 0 Å². The largest absolute Gasteiger partial charge is 0.320 e. The number of nitrogens with zero attached hydrogens (tertiary/aromatic N) is 1. The number of halogens is 1. The van der Waals surface area contributed by atoms with E-state index in [2.05, 4.69) is 51.1 Å². The van der Waals surface area contributed by atoms with E-state index in [-0.39, 0.29) is 12.4 Å². The molecule has 0 radical (unpaired) electrons. The lowest BCUT2D eigenvalue weighted by Gasteiger charge is -2.38. The zero-order valence-corrected chi connectivity index (χ0v) is 13.0. The van der Waals surface area contributed by atoms with E-state index in [9.17, 15) is 0 Å². The van der Waals surface area contributed by atoms with Crippen LogP contribution in [0.4, 0.5) is 0 Å². The molecule has 1 nitrogen and oxygen atoms in total. The van der Waals surface area contributed by atoms with Crippen molar-refractivity contribution in [2.45, 2.75) is 46.6 Å². The van der Waals surface area contributed by atoms with E-state index >= 15 is 0 Å². The van der Waals surface area contributed by atoms with Gasteiger partial charge in [0, 0.05) is 5.56 Å². The van der Waals surface area contributed by atoms with Crippen LogP contribution in [-0.4, -0.2) is 24.1 Å². The first-order valence-electron chi connectivity index (χ1n) is 7.15. The number of hydrogen-bond acceptors (Lipinski definition) is 0. The van der Waals surface area contributed by atoms with Crippen molar-refractivity contribution in [2.24, 2.45) is 0 Å².